The van der Waals surface area contributed by atoms with Crippen molar-refractivity contribution in [2.45, 2.75) is 32.0 Å². The van der Waals surface area contributed by atoms with Gasteiger partial charge in [-0.25, -0.2) is 4.79 Å². The van der Waals surface area contributed by atoms with E-state index >= 15 is 0 Å². The van der Waals surface area contributed by atoms with Crippen LogP contribution in [0.1, 0.15) is 30.1 Å². The molecule has 37 heavy (non-hydrogen) atoms. The molecule has 3 rings (SSSR count). The second-order valence-electron chi connectivity index (χ2n) is 8.39. The molecule has 12 heteroatoms. The lowest BCUT2D eigenvalue weighted by atomic mass is 10.1. The zero-order valence-electron chi connectivity index (χ0n) is 20.4. The van der Waals surface area contributed by atoms with E-state index < -0.39 is 29.8 Å². The van der Waals surface area contributed by atoms with E-state index in [4.69, 9.17) is 16.3 Å². The Morgan fingerprint density at radius 2 is 1.76 bits per heavy atom. The van der Waals surface area contributed by atoms with E-state index in [1.54, 1.807) is 44.1 Å². The topological polar surface area (TPSA) is 92.7 Å². The number of alkyl halides is 3. The Bertz CT molecular complexity index is 1290. The first-order valence-corrected chi connectivity index (χ1v) is 11.7. The number of likely N-dealkylation sites (N-methyl/N-ethyl adjacent to an activating group) is 1. The minimum absolute atomic E-state index is 0.0191. The van der Waals surface area contributed by atoms with Gasteiger partial charge in [0.05, 0.1) is 23.4 Å². The minimum atomic E-state index is -4.49. The monoisotopic (exact) mass is 538 g/mol. The third-order valence-electron chi connectivity index (χ3n) is 5.57. The maximum absolute atomic E-state index is 13.1. The van der Waals surface area contributed by atoms with E-state index in [1.165, 1.54) is 10.8 Å². The molecule has 0 aliphatic carbocycles. The normalized spacial score (nSPS) is 12.4. The van der Waals surface area contributed by atoms with Gasteiger partial charge in [-0.2, -0.15) is 13.2 Å². The number of nitrogens with one attached hydrogen (secondary N) is 2. The summed E-state index contributed by atoms with van der Waals surface area (Å²) >= 11 is 6.13. The summed E-state index contributed by atoms with van der Waals surface area (Å²) in [4.78, 5) is 39.6. The predicted molar refractivity (Wildman–Crippen MR) is 135 cm³/mol. The number of ether oxygens (including phenoxy) is 1. The third-order valence-corrected chi connectivity index (χ3v) is 5.80. The molecule has 1 atom stereocenters. The molecule has 8 nitrogen and oxygen atoms in total. The van der Waals surface area contributed by atoms with Crippen LogP contribution in [0.4, 0.5) is 29.3 Å². The number of carbonyl (C=O) groups excluding carboxylic acids is 3. The summed E-state index contributed by atoms with van der Waals surface area (Å²) in [6.45, 7) is 1.93. The van der Waals surface area contributed by atoms with Crippen molar-refractivity contribution in [3.63, 3.8) is 0 Å². The van der Waals surface area contributed by atoms with E-state index in [2.05, 4.69) is 10.6 Å². The summed E-state index contributed by atoms with van der Waals surface area (Å²) in [6.07, 6.45) is -2.82. The molecule has 2 aromatic carbocycles. The van der Waals surface area contributed by atoms with Crippen molar-refractivity contribution >= 4 is 51.8 Å². The summed E-state index contributed by atoms with van der Waals surface area (Å²) in [7, 11) is 3.44. The molecular weight excluding hydrogens is 513 g/mol. The van der Waals surface area contributed by atoms with Crippen molar-refractivity contribution in [3.05, 3.63) is 59.2 Å². The number of rotatable bonds is 8. The summed E-state index contributed by atoms with van der Waals surface area (Å²) in [6, 6.07) is 7.47. The van der Waals surface area contributed by atoms with Crippen LogP contribution >= 0.6 is 11.6 Å². The van der Waals surface area contributed by atoms with Gasteiger partial charge in [0, 0.05) is 28.7 Å². The highest BCUT2D eigenvalue weighted by molar-refractivity contribution is 6.31. The fourth-order valence-corrected chi connectivity index (χ4v) is 3.91. The second-order valence-corrected chi connectivity index (χ2v) is 8.83. The van der Waals surface area contributed by atoms with Crippen molar-refractivity contribution in [2.75, 3.05) is 31.3 Å². The predicted octanol–water partition coefficient (Wildman–Crippen LogP) is 5.87. The van der Waals surface area contributed by atoms with Crippen LogP contribution in [0.2, 0.25) is 5.02 Å². The maximum atomic E-state index is 13.1. The number of carbonyl (C=O) groups is 3. The number of benzene rings is 2. The second kappa shape index (κ2) is 11.7. The van der Waals surface area contributed by atoms with Gasteiger partial charge in [0.25, 0.3) is 0 Å². The summed E-state index contributed by atoms with van der Waals surface area (Å²) in [5.41, 5.74) is 0.0627. The Morgan fingerprint density at radius 3 is 2.35 bits per heavy atom. The molecule has 2 N–H and O–H groups in total. The molecule has 1 unspecified atom stereocenters. The van der Waals surface area contributed by atoms with Gasteiger partial charge in [0.15, 0.2) is 0 Å². The first-order chi connectivity index (χ1) is 17.4. The number of halogens is 4. The fourth-order valence-electron chi connectivity index (χ4n) is 3.74. The average molecular weight is 539 g/mol. The number of nitrogens with zero attached hydrogens (tertiary/aromatic N) is 2. The molecule has 2 amide bonds. The van der Waals surface area contributed by atoms with Gasteiger partial charge in [-0.05, 0) is 69.9 Å². The quantitative estimate of drug-likeness (QED) is 0.350. The highest BCUT2D eigenvalue weighted by atomic mass is 35.5. The molecule has 0 radical (unpaired) electrons. The van der Waals surface area contributed by atoms with Gasteiger partial charge < -0.3 is 15.4 Å². The summed E-state index contributed by atoms with van der Waals surface area (Å²) in [5.74, 6) is -0.744. The highest BCUT2D eigenvalue weighted by Gasteiger charge is 2.30. The van der Waals surface area contributed by atoms with Crippen molar-refractivity contribution in [3.8, 4) is 0 Å². The average Bonchev–Trinajstić information content (AvgIpc) is 3.16. The van der Waals surface area contributed by atoms with Crippen LogP contribution in [0.25, 0.3) is 10.9 Å². The number of amides is 2. The Labute approximate surface area is 216 Å². The van der Waals surface area contributed by atoms with Crippen LogP contribution in [-0.2, 0) is 15.7 Å². The van der Waals surface area contributed by atoms with Gasteiger partial charge >= 0.3 is 18.2 Å². The molecule has 0 saturated carbocycles. The number of fused-ring (bicyclic) bond motifs is 1. The van der Waals surface area contributed by atoms with E-state index in [1.807, 2.05) is 0 Å². The van der Waals surface area contributed by atoms with Crippen molar-refractivity contribution in [1.82, 2.24) is 9.47 Å². The maximum Gasteiger partial charge on any atom is 0.416 e. The van der Waals surface area contributed by atoms with Crippen LogP contribution in [0.3, 0.4) is 0 Å². The van der Waals surface area contributed by atoms with Gasteiger partial charge in [-0.3, -0.25) is 19.1 Å². The SMILES string of the molecule is CCOC(=O)C(CCC(=O)n1cc(NC(=O)Nc2ccc(C(F)(F)F)cc2)c2cc(Cl)ccc21)N(C)C. The van der Waals surface area contributed by atoms with Crippen LogP contribution in [0.5, 0.6) is 0 Å². The molecule has 0 aliphatic rings. The van der Waals surface area contributed by atoms with Crippen LogP contribution in [0.15, 0.2) is 48.7 Å². The molecule has 1 aromatic heterocycles. The highest BCUT2D eigenvalue weighted by Crippen LogP contribution is 2.31. The van der Waals surface area contributed by atoms with Crippen molar-refractivity contribution in [2.24, 2.45) is 0 Å². The lowest BCUT2D eigenvalue weighted by Gasteiger charge is -2.22. The standard InChI is InChI=1S/C25H26ClF3N4O4/c1-4-37-23(35)21(32(2)3)11-12-22(34)33-14-19(18-13-16(26)7-10-20(18)33)31-24(36)30-17-8-5-15(6-9-17)25(27,28)29/h5-10,13-14,21H,4,11-12H2,1-3H3,(H2,30,31,36). The Morgan fingerprint density at radius 1 is 1.08 bits per heavy atom. The van der Waals surface area contributed by atoms with E-state index in [0.717, 1.165) is 24.3 Å². The fraction of sp³-hybridized carbons (Fsp3) is 0.320. The van der Waals surface area contributed by atoms with Crippen molar-refractivity contribution < 1.29 is 32.3 Å². The molecule has 3 aromatic rings. The number of aromatic nitrogens is 1. The van der Waals surface area contributed by atoms with Crippen LogP contribution in [-0.4, -0.2) is 54.1 Å². The zero-order chi connectivity index (χ0) is 27.3. The number of hydrogen-bond donors (Lipinski definition) is 2. The Balaban J connectivity index is 1.78. The van der Waals surface area contributed by atoms with Crippen molar-refractivity contribution in [1.29, 1.82) is 0 Å². The van der Waals surface area contributed by atoms with E-state index in [9.17, 15) is 27.6 Å². The minimum Gasteiger partial charge on any atom is -0.465 e. The van der Waals surface area contributed by atoms with Gasteiger partial charge in [0.1, 0.15) is 6.04 Å². The number of esters is 1. The summed E-state index contributed by atoms with van der Waals surface area (Å²) < 4.78 is 44.7. The van der Waals surface area contributed by atoms with E-state index in [0.29, 0.717) is 15.9 Å². The first-order valence-electron chi connectivity index (χ1n) is 11.3. The van der Waals surface area contributed by atoms with Gasteiger partial charge in [0.2, 0.25) is 5.91 Å². The van der Waals surface area contributed by atoms with Gasteiger partial charge in [-0.1, -0.05) is 11.6 Å². The molecule has 0 bridgehead atoms. The molecule has 1 heterocycles. The molecular formula is C25H26ClF3N4O4. The molecule has 0 spiro atoms. The molecule has 198 valence electrons. The molecule has 0 fully saturated rings. The lowest BCUT2D eigenvalue weighted by Crippen LogP contribution is -2.37. The first kappa shape index (κ1) is 28.0. The molecule has 0 aliphatic heterocycles. The number of hydrogen-bond acceptors (Lipinski definition) is 5. The largest absolute Gasteiger partial charge is 0.465 e. The Kier molecular flexibility index (Phi) is 8.82. The lowest BCUT2D eigenvalue weighted by molar-refractivity contribution is -0.148. The summed E-state index contributed by atoms with van der Waals surface area (Å²) in [5, 5.41) is 5.93. The third kappa shape index (κ3) is 7.01. The van der Waals surface area contributed by atoms with Gasteiger partial charge in [-0.15, -0.1) is 0 Å². The van der Waals surface area contributed by atoms with E-state index in [-0.39, 0.29) is 36.7 Å². The Hall–Kier alpha value is -3.57. The number of urea groups is 1. The van der Waals surface area contributed by atoms with Crippen LogP contribution in [0, 0.1) is 0 Å². The molecule has 0 saturated heterocycles. The smallest absolute Gasteiger partial charge is 0.416 e. The zero-order valence-corrected chi connectivity index (χ0v) is 21.1. The number of anilines is 2. The van der Waals surface area contributed by atoms with Crippen LogP contribution < -0.4 is 10.6 Å².